The van der Waals surface area contributed by atoms with E-state index in [2.05, 4.69) is 5.32 Å². The number of nitrogens with zero attached hydrogens (tertiary/aromatic N) is 1. The average molecular weight is 383 g/mol. The lowest BCUT2D eigenvalue weighted by molar-refractivity contribution is -0.120. The molecule has 8 heteroatoms. The van der Waals surface area contributed by atoms with Gasteiger partial charge in [-0.05, 0) is 49.1 Å². The molecule has 1 atom stereocenters. The monoisotopic (exact) mass is 382 g/mol. The van der Waals surface area contributed by atoms with Gasteiger partial charge < -0.3 is 10.1 Å². The van der Waals surface area contributed by atoms with E-state index >= 15 is 0 Å². The number of carbonyl (C=O) groups excluding carboxylic acids is 1. The van der Waals surface area contributed by atoms with E-state index in [1.54, 1.807) is 35.7 Å². The number of anilines is 1. The number of methoxy groups -OCH3 is 1. The van der Waals surface area contributed by atoms with Crippen molar-refractivity contribution in [3.63, 3.8) is 0 Å². The fourth-order valence-corrected chi connectivity index (χ4v) is 4.66. The number of carbonyl (C=O) groups is 1. The first kappa shape index (κ1) is 19.3. The highest BCUT2D eigenvalue weighted by Gasteiger charge is 2.28. The molecule has 0 bridgehead atoms. The summed E-state index contributed by atoms with van der Waals surface area (Å²) >= 11 is 1.12. The van der Waals surface area contributed by atoms with Crippen molar-refractivity contribution in [2.75, 3.05) is 18.0 Å². The number of benzene rings is 1. The van der Waals surface area contributed by atoms with Gasteiger partial charge in [-0.15, -0.1) is 11.3 Å². The zero-order valence-electron chi connectivity index (χ0n) is 14.4. The highest BCUT2D eigenvalue weighted by atomic mass is 32.2. The van der Waals surface area contributed by atoms with Crippen molar-refractivity contribution in [2.24, 2.45) is 0 Å². The van der Waals surface area contributed by atoms with Gasteiger partial charge in [0.05, 0.1) is 12.8 Å². The Bertz CT molecular complexity index is 787. The predicted octanol–water partition coefficient (Wildman–Crippen LogP) is 2.87. The summed E-state index contributed by atoms with van der Waals surface area (Å²) in [4.78, 5) is 12.3. The first-order valence-corrected chi connectivity index (χ1v) is 10.2. The van der Waals surface area contributed by atoms with Gasteiger partial charge in [-0.1, -0.05) is 13.0 Å². The summed E-state index contributed by atoms with van der Waals surface area (Å²) in [5.74, 6) is 0.270. The molecule has 0 radical (unpaired) electrons. The molecule has 1 amide bonds. The molecule has 1 aromatic carbocycles. The fourth-order valence-electron chi connectivity index (χ4n) is 2.14. The number of hydrogen-bond donors (Lipinski definition) is 1. The standard InChI is InChI=1S/C17H22N2O4S2/c1-4-13(2)18-16(20)12-19(14-7-9-15(23-3)10-8-14)25(21,22)17-6-5-11-24-17/h5-11,13H,4,12H2,1-3H3,(H,18,20)/t13-/m1/s1. The van der Waals surface area contributed by atoms with Crippen molar-refractivity contribution in [3.8, 4) is 5.75 Å². The molecule has 1 N–H and O–H groups in total. The molecule has 0 saturated carbocycles. The van der Waals surface area contributed by atoms with Crippen LogP contribution in [-0.2, 0) is 14.8 Å². The van der Waals surface area contributed by atoms with Crippen molar-refractivity contribution < 1.29 is 17.9 Å². The lowest BCUT2D eigenvalue weighted by Crippen LogP contribution is -2.43. The number of hydrogen-bond acceptors (Lipinski definition) is 5. The van der Waals surface area contributed by atoms with Crippen molar-refractivity contribution in [3.05, 3.63) is 41.8 Å². The van der Waals surface area contributed by atoms with E-state index in [1.165, 1.54) is 13.2 Å². The van der Waals surface area contributed by atoms with Crippen LogP contribution in [0.15, 0.2) is 46.0 Å². The van der Waals surface area contributed by atoms with E-state index in [9.17, 15) is 13.2 Å². The van der Waals surface area contributed by atoms with Crippen molar-refractivity contribution in [1.82, 2.24) is 5.32 Å². The van der Waals surface area contributed by atoms with Gasteiger partial charge in [-0.25, -0.2) is 8.42 Å². The van der Waals surface area contributed by atoms with Crippen LogP contribution < -0.4 is 14.4 Å². The van der Waals surface area contributed by atoms with Crippen LogP contribution in [0, 0.1) is 0 Å². The molecule has 2 aromatic rings. The van der Waals surface area contributed by atoms with Crippen LogP contribution in [0.25, 0.3) is 0 Å². The molecule has 1 heterocycles. The zero-order valence-corrected chi connectivity index (χ0v) is 16.1. The van der Waals surface area contributed by atoms with Gasteiger partial charge in [0.25, 0.3) is 10.0 Å². The number of sulfonamides is 1. The Balaban J connectivity index is 2.35. The molecule has 6 nitrogen and oxygen atoms in total. The molecule has 136 valence electrons. The molecular formula is C17H22N2O4S2. The van der Waals surface area contributed by atoms with Crippen LogP contribution in [0.5, 0.6) is 5.75 Å². The molecule has 0 aliphatic carbocycles. The minimum atomic E-state index is -3.82. The third-order valence-electron chi connectivity index (χ3n) is 3.71. The third-order valence-corrected chi connectivity index (χ3v) is 6.85. The Hall–Kier alpha value is -2.06. The maximum atomic E-state index is 13.0. The zero-order chi connectivity index (χ0) is 18.4. The summed E-state index contributed by atoms with van der Waals surface area (Å²) in [5, 5.41) is 4.50. The SMILES string of the molecule is CC[C@@H](C)NC(=O)CN(c1ccc(OC)cc1)S(=O)(=O)c1cccs1. The highest BCUT2D eigenvalue weighted by Crippen LogP contribution is 2.27. The molecule has 1 aromatic heterocycles. The quantitative estimate of drug-likeness (QED) is 0.762. The van der Waals surface area contributed by atoms with Crippen LogP contribution in [0.4, 0.5) is 5.69 Å². The topological polar surface area (TPSA) is 75.7 Å². The summed E-state index contributed by atoms with van der Waals surface area (Å²) < 4.78 is 32.4. The van der Waals surface area contributed by atoms with E-state index in [0.717, 1.165) is 22.1 Å². The Kier molecular flexibility index (Phi) is 6.44. The Labute approximate surface area is 152 Å². The first-order chi connectivity index (χ1) is 11.9. The number of ether oxygens (including phenoxy) is 1. The molecule has 0 unspecified atom stereocenters. The minimum Gasteiger partial charge on any atom is -0.497 e. The summed E-state index contributed by atoms with van der Waals surface area (Å²) in [7, 11) is -2.28. The number of nitrogens with one attached hydrogen (secondary N) is 1. The maximum absolute atomic E-state index is 13.0. The van der Waals surface area contributed by atoms with Crippen LogP contribution >= 0.6 is 11.3 Å². The first-order valence-electron chi connectivity index (χ1n) is 7.88. The number of thiophene rings is 1. The van der Waals surface area contributed by atoms with Gasteiger partial charge in [-0.2, -0.15) is 0 Å². The van der Waals surface area contributed by atoms with E-state index in [4.69, 9.17) is 4.74 Å². The van der Waals surface area contributed by atoms with Gasteiger partial charge in [0.1, 0.15) is 16.5 Å². The van der Waals surface area contributed by atoms with E-state index < -0.39 is 10.0 Å². The van der Waals surface area contributed by atoms with E-state index in [1.807, 2.05) is 13.8 Å². The normalized spacial score (nSPS) is 12.4. The van der Waals surface area contributed by atoms with E-state index in [-0.39, 0.29) is 22.7 Å². The van der Waals surface area contributed by atoms with E-state index in [0.29, 0.717) is 11.4 Å². The summed E-state index contributed by atoms with van der Waals surface area (Å²) in [6, 6.07) is 9.76. The van der Waals surface area contributed by atoms with Gasteiger partial charge in [-0.3, -0.25) is 9.10 Å². The van der Waals surface area contributed by atoms with Crippen molar-refractivity contribution >= 4 is 33.0 Å². The smallest absolute Gasteiger partial charge is 0.274 e. The highest BCUT2D eigenvalue weighted by molar-refractivity contribution is 7.94. The lowest BCUT2D eigenvalue weighted by Gasteiger charge is -2.24. The lowest BCUT2D eigenvalue weighted by atomic mass is 10.2. The van der Waals surface area contributed by atoms with Gasteiger partial charge in [0.15, 0.2) is 0 Å². The summed E-state index contributed by atoms with van der Waals surface area (Å²) in [6.45, 7) is 3.55. The number of amides is 1. The molecule has 0 fully saturated rings. The molecule has 0 aliphatic rings. The molecule has 0 aliphatic heterocycles. The molecule has 0 spiro atoms. The number of rotatable bonds is 8. The second-order valence-corrected chi connectivity index (χ2v) is 8.56. The van der Waals surface area contributed by atoms with Gasteiger partial charge in [0.2, 0.25) is 5.91 Å². The van der Waals surface area contributed by atoms with Crippen molar-refractivity contribution in [1.29, 1.82) is 0 Å². The molecular weight excluding hydrogens is 360 g/mol. The summed E-state index contributed by atoms with van der Waals surface area (Å²) in [5.41, 5.74) is 0.411. The molecule has 2 rings (SSSR count). The predicted molar refractivity (Wildman–Crippen MR) is 99.7 cm³/mol. The van der Waals surface area contributed by atoms with Crippen LogP contribution in [0.1, 0.15) is 20.3 Å². The molecule has 25 heavy (non-hydrogen) atoms. The van der Waals surface area contributed by atoms with Gasteiger partial charge in [0, 0.05) is 6.04 Å². The Morgan fingerprint density at radius 2 is 1.96 bits per heavy atom. The van der Waals surface area contributed by atoms with Crippen LogP contribution in [0.2, 0.25) is 0 Å². The third kappa shape index (κ3) is 4.73. The van der Waals surface area contributed by atoms with Gasteiger partial charge >= 0.3 is 0 Å². The maximum Gasteiger partial charge on any atom is 0.274 e. The largest absolute Gasteiger partial charge is 0.497 e. The van der Waals surface area contributed by atoms with Crippen LogP contribution in [-0.4, -0.2) is 34.0 Å². The average Bonchev–Trinajstić information content (AvgIpc) is 3.15. The fraction of sp³-hybridized carbons (Fsp3) is 0.353. The Morgan fingerprint density at radius 3 is 2.48 bits per heavy atom. The van der Waals surface area contributed by atoms with Crippen LogP contribution in [0.3, 0.4) is 0 Å². The summed E-state index contributed by atoms with van der Waals surface area (Å²) in [6.07, 6.45) is 0.770. The minimum absolute atomic E-state index is 0.0188. The molecule has 0 saturated heterocycles. The second kappa shape index (κ2) is 8.35. The van der Waals surface area contributed by atoms with Crippen molar-refractivity contribution in [2.45, 2.75) is 30.5 Å². The Morgan fingerprint density at radius 1 is 1.28 bits per heavy atom. The second-order valence-electron chi connectivity index (χ2n) is 5.52.